The molecule has 0 bridgehead atoms. The van der Waals surface area contributed by atoms with E-state index < -0.39 is 0 Å². The number of hydrogen-bond donors (Lipinski definition) is 2. The Balaban J connectivity index is 1.46. The van der Waals surface area contributed by atoms with Gasteiger partial charge in [-0.1, -0.05) is 30.3 Å². The lowest BCUT2D eigenvalue weighted by molar-refractivity contribution is -0.127. The van der Waals surface area contributed by atoms with E-state index in [2.05, 4.69) is 20.6 Å². The number of ether oxygens (including phenoxy) is 1. The number of aromatic nitrogens is 1. The molecule has 160 valence electrons. The zero-order chi connectivity index (χ0) is 21.0. The van der Waals surface area contributed by atoms with Crippen LogP contribution in [-0.2, 0) is 17.9 Å². The lowest BCUT2D eigenvalue weighted by Gasteiger charge is -2.16. The molecule has 2 N–H and O–H groups in total. The standard InChI is InChI=1S/C23H31N5O2/c1-2-24-23(26-12-7-15-28-14-6-10-22(28)29)27-17-20-11-13-25-21(16-20)30-18-19-8-4-3-5-9-19/h3-5,8-9,11,13,16H,2,6-7,10,12,14-15,17-18H2,1H3,(H2,24,26,27). The van der Waals surface area contributed by atoms with Gasteiger partial charge in [0.05, 0.1) is 6.54 Å². The molecule has 0 unspecified atom stereocenters. The summed E-state index contributed by atoms with van der Waals surface area (Å²) in [6.45, 7) is 6.33. The Morgan fingerprint density at radius 2 is 2.07 bits per heavy atom. The molecule has 1 saturated heterocycles. The molecule has 0 saturated carbocycles. The van der Waals surface area contributed by atoms with E-state index >= 15 is 0 Å². The van der Waals surface area contributed by atoms with Crippen molar-refractivity contribution in [3.63, 3.8) is 0 Å². The van der Waals surface area contributed by atoms with E-state index in [-0.39, 0.29) is 5.91 Å². The van der Waals surface area contributed by atoms with Gasteiger partial charge in [0.25, 0.3) is 0 Å². The number of carbonyl (C=O) groups excluding carboxylic acids is 1. The maximum absolute atomic E-state index is 11.7. The molecule has 0 radical (unpaired) electrons. The molecule has 1 aromatic heterocycles. The smallest absolute Gasteiger partial charge is 0.222 e. The van der Waals surface area contributed by atoms with Crippen molar-refractivity contribution in [2.45, 2.75) is 39.3 Å². The lowest BCUT2D eigenvalue weighted by Crippen LogP contribution is -2.39. The Morgan fingerprint density at radius 3 is 2.83 bits per heavy atom. The summed E-state index contributed by atoms with van der Waals surface area (Å²) >= 11 is 0. The number of aliphatic imine (C=N–C) groups is 1. The van der Waals surface area contributed by atoms with Crippen molar-refractivity contribution in [2.75, 3.05) is 26.2 Å². The van der Waals surface area contributed by atoms with Crippen LogP contribution in [0.5, 0.6) is 5.88 Å². The van der Waals surface area contributed by atoms with Gasteiger partial charge in [-0.25, -0.2) is 9.98 Å². The number of nitrogens with zero attached hydrogens (tertiary/aromatic N) is 3. The van der Waals surface area contributed by atoms with Gasteiger partial charge in [-0.05, 0) is 37.0 Å². The zero-order valence-corrected chi connectivity index (χ0v) is 17.6. The van der Waals surface area contributed by atoms with Gasteiger partial charge in [0, 0.05) is 44.9 Å². The molecule has 1 fully saturated rings. The summed E-state index contributed by atoms with van der Waals surface area (Å²) in [5.74, 6) is 1.65. The van der Waals surface area contributed by atoms with Crippen LogP contribution in [0.25, 0.3) is 0 Å². The minimum Gasteiger partial charge on any atom is -0.473 e. The second kappa shape index (κ2) is 11.8. The Labute approximate surface area is 178 Å². The third-order valence-electron chi connectivity index (χ3n) is 4.86. The molecular weight excluding hydrogens is 378 g/mol. The van der Waals surface area contributed by atoms with E-state index in [1.165, 1.54) is 0 Å². The summed E-state index contributed by atoms with van der Waals surface area (Å²) in [5, 5.41) is 6.61. The number of carbonyl (C=O) groups is 1. The second-order valence-corrected chi connectivity index (χ2v) is 7.24. The minimum absolute atomic E-state index is 0.276. The first-order chi connectivity index (χ1) is 14.7. The van der Waals surface area contributed by atoms with Gasteiger partial charge in [0.1, 0.15) is 6.61 Å². The van der Waals surface area contributed by atoms with Gasteiger partial charge in [-0.15, -0.1) is 0 Å². The van der Waals surface area contributed by atoms with Gasteiger partial charge in [0.2, 0.25) is 11.8 Å². The van der Waals surface area contributed by atoms with E-state index in [0.29, 0.717) is 25.5 Å². The van der Waals surface area contributed by atoms with Gasteiger partial charge in [0.15, 0.2) is 5.96 Å². The molecule has 30 heavy (non-hydrogen) atoms. The number of hydrogen-bond acceptors (Lipinski definition) is 4. The average Bonchev–Trinajstić information content (AvgIpc) is 3.19. The monoisotopic (exact) mass is 409 g/mol. The Bertz CT molecular complexity index is 825. The van der Waals surface area contributed by atoms with Crippen molar-refractivity contribution in [1.29, 1.82) is 0 Å². The number of likely N-dealkylation sites (tertiary alicyclic amines) is 1. The first kappa shape index (κ1) is 21.6. The van der Waals surface area contributed by atoms with Crippen molar-refractivity contribution in [1.82, 2.24) is 20.5 Å². The van der Waals surface area contributed by atoms with Crippen LogP contribution in [-0.4, -0.2) is 47.9 Å². The quantitative estimate of drug-likeness (QED) is 0.358. The topological polar surface area (TPSA) is 78.9 Å². The molecule has 1 aliphatic heterocycles. The number of guanidine groups is 1. The Hall–Kier alpha value is -3.09. The highest BCUT2D eigenvalue weighted by molar-refractivity contribution is 5.79. The van der Waals surface area contributed by atoms with Crippen LogP contribution in [0.2, 0.25) is 0 Å². The van der Waals surface area contributed by atoms with E-state index in [0.717, 1.165) is 56.1 Å². The Kier molecular flexibility index (Phi) is 8.50. The van der Waals surface area contributed by atoms with Crippen LogP contribution in [0.4, 0.5) is 0 Å². The van der Waals surface area contributed by atoms with Gasteiger partial charge in [-0.3, -0.25) is 4.79 Å². The summed E-state index contributed by atoms with van der Waals surface area (Å²) in [6, 6.07) is 13.9. The number of pyridine rings is 1. The van der Waals surface area contributed by atoms with Crippen LogP contribution in [0, 0.1) is 0 Å². The predicted molar refractivity (Wildman–Crippen MR) is 118 cm³/mol. The van der Waals surface area contributed by atoms with Crippen molar-refractivity contribution < 1.29 is 9.53 Å². The predicted octanol–water partition coefficient (Wildman–Crippen LogP) is 2.73. The number of rotatable bonds is 10. The van der Waals surface area contributed by atoms with Crippen molar-refractivity contribution in [3.05, 3.63) is 59.8 Å². The van der Waals surface area contributed by atoms with Crippen LogP contribution in [0.3, 0.4) is 0 Å². The highest BCUT2D eigenvalue weighted by Gasteiger charge is 2.18. The molecular formula is C23H31N5O2. The molecule has 2 aromatic rings. The van der Waals surface area contributed by atoms with Crippen molar-refractivity contribution in [3.8, 4) is 5.88 Å². The molecule has 2 heterocycles. The van der Waals surface area contributed by atoms with Gasteiger partial charge >= 0.3 is 0 Å². The summed E-state index contributed by atoms with van der Waals surface area (Å²) < 4.78 is 5.80. The number of benzene rings is 1. The minimum atomic E-state index is 0.276. The third-order valence-corrected chi connectivity index (χ3v) is 4.86. The fourth-order valence-corrected chi connectivity index (χ4v) is 3.29. The van der Waals surface area contributed by atoms with E-state index in [1.54, 1.807) is 6.20 Å². The summed E-state index contributed by atoms with van der Waals surface area (Å²) in [4.78, 5) is 22.6. The molecule has 1 amide bonds. The highest BCUT2D eigenvalue weighted by Crippen LogP contribution is 2.13. The summed E-state index contributed by atoms with van der Waals surface area (Å²) in [7, 11) is 0. The number of amides is 1. The highest BCUT2D eigenvalue weighted by atomic mass is 16.5. The van der Waals surface area contributed by atoms with Gasteiger partial charge in [-0.2, -0.15) is 0 Å². The molecule has 1 aromatic carbocycles. The largest absolute Gasteiger partial charge is 0.473 e. The normalized spacial score (nSPS) is 14.1. The van der Waals surface area contributed by atoms with Crippen LogP contribution in [0.1, 0.15) is 37.3 Å². The van der Waals surface area contributed by atoms with Crippen molar-refractivity contribution >= 4 is 11.9 Å². The Morgan fingerprint density at radius 1 is 1.20 bits per heavy atom. The molecule has 0 aliphatic carbocycles. The molecule has 0 atom stereocenters. The van der Waals surface area contributed by atoms with Crippen LogP contribution < -0.4 is 15.4 Å². The fourth-order valence-electron chi connectivity index (χ4n) is 3.29. The first-order valence-electron chi connectivity index (χ1n) is 10.7. The lowest BCUT2D eigenvalue weighted by atomic mass is 10.2. The van der Waals surface area contributed by atoms with Gasteiger partial charge < -0.3 is 20.3 Å². The van der Waals surface area contributed by atoms with E-state index in [9.17, 15) is 4.79 Å². The third kappa shape index (κ3) is 7.06. The fraction of sp³-hybridized carbons (Fsp3) is 0.435. The summed E-state index contributed by atoms with van der Waals surface area (Å²) in [6.07, 6.45) is 4.33. The maximum Gasteiger partial charge on any atom is 0.222 e. The van der Waals surface area contributed by atoms with Crippen molar-refractivity contribution in [2.24, 2.45) is 4.99 Å². The molecule has 0 spiro atoms. The van der Waals surface area contributed by atoms with Crippen LogP contribution in [0.15, 0.2) is 53.7 Å². The number of nitrogens with one attached hydrogen (secondary N) is 2. The molecule has 1 aliphatic rings. The molecule has 7 heteroatoms. The van der Waals surface area contributed by atoms with Crippen LogP contribution >= 0.6 is 0 Å². The summed E-state index contributed by atoms with van der Waals surface area (Å²) in [5.41, 5.74) is 2.14. The molecule has 7 nitrogen and oxygen atoms in total. The zero-order valence-electron chi connectivity index (χ0n) is 17.6. The van der Waals surface area contributed by atoms with E-state index in [1.807, 2.05) is 54.3 Å². The second-order valence-electron chi connectivity index (χ2n) is 7.24. The molecule has 3 rings (SSSR count). The first-order valence-corrected chi connectivity index (χ1v) is 10.7. The van der Waals surface area contributed by atoms with E-state index in [4.69, 9.17) is 4.74 Å². The average molecular weight is 410 g/mol. The SMILES string of the molecule is CCNC(=NCc1ccnc(OCc2ccccc2)c1)NCCCN1CCCC1=O. The maximum atomic E-state index is 11.7.